The van der Waals surface area contributed by atoms with Gasteiger partial charge in [0.15, 0.2) is 0 Å². The van der Waals surface area contributed by atoms with E-state index in [1.807, 2.05) is 23.2 Å². The zero-order chi connectivity index (χ0) is 11.7. The number of hydrogen-bond acceptors (Lipinski definition) is 3. The maximum atomic E-state index is 10.9. The van der Waals surface area contributed by atoms with Crippen LogP contribution in [-0.4, -0.2) is 42.6 Å². The molecule has 2 saturated heterocycles. The van der Waals surface area contributed by atoms with Crippen molar-refractivity contribution in [2.45, 2.75) is 11.8 Å². The van der Waals surface area contributed by atoms with Crippen molar-refractivity contribution in [3.05, 3.63) is 30.1 Å². The molecule has 2 unspecified atom stereocenters. The van der Waals surface area contributed by atoms with Gasteiger partial charge in [0.2, 0.25) is 6.41 Å². The number of carbonyl (C=O) groups excluding carboxylic acids is 1. The molecule has 0 aromatic carbocycles. The summed E-state index contributed by atoms with van der Waals surface area (Å²) in [5.41, 5.74) is 1.15. The standard InChI is InChI=1S/C13H16N2O2/c16-10-15-6-4-13(9-17-8-11(13)7-15)12-3-1-2-5-14-12/h1-3,5,10-11H,4,6-9H2. The highest BCUT2D eigenvalue weighted by atomic mass is 16.5. The lowest BCUT2D eigenvalue weighted by molar-refractivity contribution is -0.120. The van der Waals surface area contributed by atoms with Crippen molar-refractivity contribution in [2.75, 3.05) is 26.3 Å². The van der Waals surface area contributed by atoms with Crippen molar-refractivity contribution >= 4 is 6.41 Å². The number of likely N-dealkylation sites (tertiary alicyclic amines) is 1. The fourth-order valence-corrected chi connectivity index (χ4v) is 3.05. The molecule has 0 aliphatic carbocycles. The minimum Gasteiger partial charge on any atom is -0.380 e. The minimum atomic E-state index is 0.0285. The Morgan fingerprint density at radius 1 is 1.53 bits per heavy atom. The lowest BCUT2D eigenvalue weighted by atomic mass is 9.70. The second-order valence-corrected chi connectivity index (χ2v) is 4.93. The Kier molecular flexibility index (Phi) is 2.59. The molecule has 1 aromatic heterocycles. The van der Waals surface area contributed by atoms with Gasteiger partial charge in [0.25, 0.3) is 0 Å². The van der Waals surface area contributed by atoms with Crippen LogP contribution in [0.1, 0.15) is 12.1 Å². The fraction of sp³-hybridized carbons (Fsp3) is 0.538. The molecule has 2 fully saturated rings. The molecule has 3 rings (SSSR count). The normalized spacial score (nSPS) is 32.2. The van der Waals surface area contributed by atoms with Crippen LogP contribution in [0.2, 0.25) is 0 Å². The van der Waals surface area contributed by atoms with Gasteiger partial charge in [0.1, 0.15) is 0 Å². The molecule has 4 heteroatoms. The molecule has 17 heavy (non-hydrogen) atoms. The number of carbonyl (C=O) groups is 1. The monoisotopic (exact) mass is 232 g/mol. The molecule has 2 aliphatic rings. The second-order valence-electron chi connectivity index (χ2n) is 4.93. The van der Waals surface area contributed by atoms with E-state index in [0.717, 1.165) is 44.8 Å². The number of hydrogen-bond donors (Lipinski definition) is 0. The molecule has 0 spiro atoms. The molecule has 1 aromatic rings. The Bertz CT molecular complexity index is 409. The summed E-state index contributed by atoms with van der Waals surface area (Å²) in [6.45, 7) is 3.07. The van der Waals surface area contributed by atoms with Gasteiger partial charge in [-0.05, 0) is 18.6 Å². The summed E-state index contributed by atoms with van der Waals surface area (Å²) in [7, 11) is 0. The molecule has 0 saturated carbocycles. The first-order valence-corrected chi connectivity index (χ1v) is 6.04. The summed E-state index contributed by atoms with van der Waals surface area (Å²) >= 11 is 0. The molecule has 90 valence electrons. The van der Waals surface area contributed by atoms with Gasteiger partial charge in [-0.15, -0.1) is 0 Å². The Hall–Kier alpha value is -1.42. The topological polar surface area (TPSA) is 42.4 Å². The van der Waals surface area contributed by atoms with Crippen molar-refractivity contribution in [1.29, 1.82) is 0 Å². The van der Waals surface area contributed by atoms with Crippen molar-refractivity contribution in [1.82, 2.24) is 9.88 Å². The number of nitrogens with zero attached hydrogens (tertiary/aromatic N) is 2. The van der Waals surface area contributed by atoms with Crippen LogP contribution in [0.15, 0.2) is 24.4 Å². The van der Waals surface area contributed by atoms with Gasteiger partial charge in [0.05, 0.1) is 13.2 Å². The number of piperidine rings is 1. The van der Waals surface area contributed by atoms with Gasteiger partial charge in [-0.1, -0.05) is 6.07 Å². The largest absolute Gasteiger partial charge is 0.380 e. The Labute approximate surface area is 101 Å². The second kappa shape index (κ2) is 4.11. The number of fused-ring (bicyclic) bond motifs is 1. The van der Waals surface area contributed by atoms with Crippen LogP contribution in [0, 0.1) is 5.92 Å². The van der Waals surface area contributed by atoms with Gasteiger partial charge in [-0.3, -0.25) is 9.78 Å². The lowest BCUT2D eigenvalue weighted by Gasteiger charge is -2.41. The lowest BCUT2D eigenvalue weighted by Crippen LogP contribution is -2.49. The van der Waals surface area contributed by atoms with Crippen LogP contribution in [0.4, 0.5) is 0 Å². The minimum absolute atomic E-state index is 0.0285. The predicted molar refractivity (Wildman–Crippen MR) is 62.5 cm³/mol. The van der Waals surface area contributed by atoms with E-state index in [4.69, 9.17) is 4.74 Å². The van der Waals surface area contributed by atoms with Crippen LogP contribution < -0.4 is 0 Å². The van der Waals surface area contributed by atoms with Gasteiger partial charge >= 0.3 is 0 Å². The van der Waals surface area contributed by atoms with Gasteiger partial charge in [0, 0.05) is 36.3 Å². The smallest absolute Gasteiger partial charge is 0.209 e. The zero-order valence-electron chi connectivity index (χ0n) is 9.71. The molecule has 2 aliphatic heterocycles. The van der Waals surface area contributed by atoms with Crippen LogP contribution in [0.3, 0.4) is 0 Å². The Morgan fingerprint density at radius 2 is 2.47 bits per heavy atom. The number of amides is 1. The quantitative estimate of drug-likeness (QED) is 0.709. The van der Waals surface area contributed by atoms with Gasteiger partial charge < -0.3 is 9.64 Å². The third-order valence-corrected chi connectivity index (χ3v) is 4.08. The molecule has 0 bridgehead atoms. The third kappa shape index (κ3) is 1.63. The molecule has 1 amide bonds. The highest BCUT2D eigenvalue weighted by molar-refractivity contribution is 5.48. The first kappa shape index (κ1) is 10.7. The summed E-state index contributed by atoms with van der Waals surface area (Å²) in [4.78, 5) is 17.2. The Morgan fingerprint density at radius 3 is 3.24 bits per heavy atom. The molecule has 0 radical (unpaired) electrons. The number of aromatic nitrogens is 1. The van der Waals surface area contributed by atoms with Crippen molar-refractivity contribution in [3.63, 3.8) is 0 Å². The van der Waals surface area contributed by atoms with E-state index in [-0.39, 0.29) is 5.41 Å². The Balaban J connectivity index is 1.93. The number of rotatable bonds is 2. The van der Waals surface area contributed by atoms with Crippen LogP contribution >= 0.6 is 0 Å². The number of pyridine rings is 1. The third-order valence-electron chi connectivity index (χ3n) is 4.08. The summed E-state index contributed by atoms with van der Waals surface area (Å²) in [5.74, 6) is 0.386. The molecule has 0 N–H and O–H groups in total. The van der Waals surface area contributed by atoms with Crippen LogP contribution in [0.5, 0.6) is 0 Å². The van der Waals surface area contributed by atoms with Crippen molar-refractivity contribution < 1.29 is 9.53 Å². The van der Waals surface area contributed by atoms with E-state index in [2.05, 4.69) is 11.1 Å². The fourth-order valence-electron chi connectivity index (χ4n) is 3.05. The molecular formula is C13H16N2O2. The van der Waals surface area contributed by atoms with E-state index < -0.39 is 0 Å². The molecule has 4 nitrogen and oxygen atoms in total. The van der Waals surface area contributed by atoms with Gasteiger partial charge in [-0.2, -0.15) is 0 Å². The average molecular weight is 232 g/mol. The molecular weight excluding hydrogens is 216 g/mol. The maximum Gasteiger partial charge on any atom is 0.209 e. The highest BCUT2D eigenvalue weighted by Gasteiger charge is 2.49. The molecule has 2 atom stereocenters. The molecule has 3 heterocycles. The first-order chi connectivity index (χ1) is 8.35. The SMILES string of the molecule is O=CN1CCC2(c3ccccn3)COCC2C1. The van der Waals surface area contributed by atoms with E-state index >= 15 is 0 Å². The van der Waals surface area contributed by atoms with E-state index in [1.54, 1.807) is 0 Å². The first-order valence-electron chi connectivity index (χ1n) is 6.04. The van der Waals surface area contributed by atoms with Crippen molar-refractivity contribution in [3.8, 4) is 0 Å². The maximum absolute atomic E-state index is 10.9. The van der Waals surface area contributed by atoms with Crippen LogP contribution in [-0.2, 0) is 14.9 Å². The van der Waals surface area contributed by atoms with E-state index in [9.17, 15) is 4.79 Å². The summed E-state index contributed by atoms with van der Waals surface area (Å²) in [6.07, 6.45) is 3.74. The van der Waals surface area contributed by atoms with Crippen molar-refractivity contribution in [2.24, 2.45) is 5.92 Å². The summed E-state index contributed by atoms with van der Waals surface area (Å²) in [6, 6.07) is 6.04. The number of ether oxygens (including phenoxy) is 1. The van der Waals surface area contributed by atoms with E-state index in [0.29, 0.717) is 5.92 Å². The summed E-state index contributed by atoms with van der Waals surface area (Å²) in [5, 5.41) is 0. The van der Waals surface area contributed by atoms with E-state index in [1.165, 1.54) is 0 Å². The van der Waals surface area contributed by atoms with Crippen LogP contribution in [0.25, 0.3) is 0 Å². The average Bonchev–Trinajstić information content (AvgIpc) is 2.83. The predicted octanol–water partition coefficient (Wildman–Crippen LogP) is 0.828. The van der Waals surface area contributed by atoms with Gasteiger partial charge in [-0.25, -0.2) is 0 Å². The zero-order valence-corrected chi connectivity index (χ0v) is 9.71. The highest BCUT2D eigenvalue weighted by Crippen LogP contribution is 2.42. The summed E-state index contributed by atoms with van der Waals surface area (Å²) < 4.78 is 5.66.